The highest BCUT2D eigenvalue weighted by Gasteiger charge is 2.36. The number of nitrogens with one attached hydrogen (secondary N) is 3. The number of fused-ring (bicyclic) bond motifs is 1. The van der Waals surface area contributed by atoms with Crippen LogP contribution in [0.5, 0.6) is 0 Å². The van der Waals surface area contributed by atoms with Gasteiger partial charge in [0.15, 0.2) is 0 Å². The van der Waals surface area contributed by atoms with Gasteiger partial charge in [0.1, 0.15) is 11.6 Å². The van der Waals surface area contributed by atoms with Gasteiger partial charge in [0, 0.05) is 32.1 Å². The maximum atomic E-state index is 13.3. The number of aromatic nitrogens is 2. The van der Waals surface area contributed by atoms with Crippen molar-refractivity contribution in [3.63, 3.8) is 0 Å². The first-order valence-electron chi connectivity index (χ1n) is 10.5. The van der Waals surface area contributed by atoms with Gasteiger partial charge in [0.2, 0.25) is 11.8 Å². The number of piperazine rings is 1. The maximum Gasteiger partial charge on any atom is 0.237 e. The fourth-order valence-electron chi connectivity index (χ4n) is 4.50. The number of halogens is 1. The Balaban J connectivity index is 1.24. The van der Waals surface area contributed by atoms with Crippen LogP contribution in [0.3, 0.4) is 0 Å². The van der Waals surface area contributed by atoms with E-state index in [0.29, 0.717) is 31.1 Å². The highest BCUT2D eigenvalue weighted by molar-refractivity contribution is 5.88. The molecule has 2 aromatic rings. The topological polar surface area (TPSA) is 90.1 Å². The number of hydrogen-bond acceptors (Lipinski definition) is 4. The first-order valence-corrected chi connectivity index (χ1v) is 10.5. The van der Waals surface area contributed by atoms with Gasteiger partial charge in [0.05, 0.1) is 23.5 Å². The number of carbonyl (C=O) groups is 2. The number of aryl methyl sites for hydroxylation is 1. The van der Waals surface area contributed by atoms with Crippen LogP contribution in [0.2, 0.25) is 0 Å². The lowest BCUT2D eigenvalue weighted by atomic mass is 10.0. The second kappa shape index (κ2) is 8.90. The number of amides is 2. The highest BCUT2D eigenvalue weighted by Crippen LogP contribution is 2.26. The van der Waals surface area contributed by atoms with E-state index in [1.165, 1.54) is 25.0 Å². The van der Waals surface area contributed by atoms with Crippen LogP contribution >= 0.6 is 0 Å². The van der Waals surface area contributed by atoms with Crippen LogP contribution in [0.4, 0.5) is 4.39 Å². The molecule has 2 heterocycles. The van der Waals surface area contributed by atoms with Crippen molar-refractivity contribution in [3.8, 4) is 0 Å². The minimum atomic E-state index is -0.364. The highest BCUT2D eigenvalue weighted by atomic mass is 19.1. The van der Waals surface area contributed by atoms with E-state index in [2.05, 4.69) is 25.5 Å². The molecule has 1 aliphatic carbocycles. The predicted octanol–water partition coefficient (Wildman–Crippen LogP) is 1.88. The van der Waals surface area contributed by atoms with Gasteiger partial charge < -0.3 is 15.6 Å². The molecule has 2 fully saturated rings. The molecule has 0 unspecified atom stereocenters. The molecule has 3 N–H and O–H groups in total. The van der Waals surface area contributed by atoms with Gasteiger partial charge in [-0.1, -0.05) is 12.8 Å². The Kier molecular flexibility index (Phi) is 6.08. The number of imidazole rings is 1. The van der Waals surface area contributed by atoms with Gasteiger partial charge in [-0.25, -0.2) is 9.37 Å². The Morgan fingerprint density at radius 3 is 2.97 bits per heavy atom. The summed E-state index contributed by atoms with van der Waals surface area (Å²) in [6.45, 7) is 2.00. The zero-order chi connectivity index (χ0) is 20.2. The molecule has 4 rings (SSSR count). The zero-order valence-corrected chi connectivity index (χ0v) is 16.5. The summed E-state index contributed by atoms with van der Waals surface area (Å²) in [5, 5.41) is 5.82. The van der Waals surface area contributed by atoms with E-state index in [1.54, 1.807) is 6.07 Å². The second-order valence-electron chi connectivity index (χ2n) is 7.99. The van der Waals surface area contributed by atoms with Gasteiger partial charge in [-0.15, -0.1) is 0 Å². The molecule has 1 saturated heterocycles. The average Bonchev–Trinajstić information content (AvgIpc) is 3.36. The first-order chi connectivity index (χ1) is 14.1. The van der Waals surface area contributed by atoms with Gasteiger partial charge in [-0.05, 0) is 37.5 Å². The molecule has 7 nitrogen and oxygen atoms in total. The summed E-state index contributed by atoms with van der Waals surface area (Å²) >= 11 is 0. The van der Waals surface area contributed by atoms with Crippen LogP contribution < -0.4 is 10.6 Å². The smallest absolute Gasteiger partial charge is 0.237 e. The quantitative estimate of drug-likeness (QED) is 0.618. The third-order valence-electron chi connectivity index (χ3n) is 5.95. The van der Waals surface area contributed by atoms with E-state index >= 15 is 0 Å². The summed E-state index contributed by atoms with van der Waals surface area (Å²) in [5.41, 5.74) is 1.42. The summed E-state index contributed by atoms with van der Waals surface area (Å²) in [5.74, 6) is 0.354. The number of benzene rings is 1. The summed E-state index contributed by atoms with van der Waals surface area (Å²) < 4.78 is 13.3. The molecule has 1 aromatic carbocycles. The van der Waals surface area contributed by atoms with Crippen molar-refractivity contribution >= 4 is 22.8 Å². The van der Waals surface area contributed by atoms with E-state index in [1.807, 2.05) is 0 Å². The van der Waals surface area contributed by atoms with Crippen LogP contribution in [0.25, 0.3) is 11.0 Å². The normalized spacial score (nSPS) is 20.9. The van der Waals surface area contributed by atoms with Gasteiger partial charge >= 0.3 is 0 Å². The van der Waals surface area contributed by atoms with Crippen molar-refractivity contribution in [1.82, 2.24) is 25.5 Å². The van der Waals surface area contributed by atoms with Crippen molar-refractivity contribution in [2.45, 2.75) is 57.0 Å². The molecule has 156 valence electrons. The second-order valence-corrected chi connectivity index (χ2v) is 7.99. The molecule has 1 saturated carbocycles. The molecule has 0 spiro atoms. The molecule has 2 amide bonds. The van der Waals surface area contributed by atoms with Crippen LogP contribution in [-0.4, -0.2) is 58.4 Å². The van der Waals surface area contributed by atoms with E-state index in [-0.39, 0.29) is 30.1 Å². The fourth-order valence-corrected chi connectivity index (χ4v) is 4.50. The minimum Gasteiger partial charge on any atom is -0.356 e. The Hall–Kier alpha value is -2.48. The Labute approximate surface area is 169 Å². The monoisotopic (exact) mass is 401 g/mol. The summed E-state index contributed by atoms with van der Waals surface area (Å²) in [6, 6.07) is 4.54. The van der Waals surface area contributed by atoms with E-state index < -0.39 is 0 Å². The predicted molar refractivity (Wildman–Crippen MR) is 108 cm³/mol. The molecular formula is C21H28FN5O2. The fraction of sp³-hybridized carbons (Fsp3) is 0.571. The largest absolute Gasteiger partial charge is 0.356 e. The number of rotatable bonds is 7. The first kappa shape index (κ1) is 19.8. The van der Waals surface area contributed by atoms with Gasteiger partial charge in [0.25, 0.3) is 0 Å². The molecule has 1 aromatic heterocycles. The minimum absolute atomic E-state index is 0.0344. The molecule has 1 aliphatic heterocycles. The lowest BCUT2D eigenvalue weighted by molar-refractivity contribution is -0.135. The summed E-state index contributed by atoms with van der Waals surface area (Å²) in [4.78, 5) is 34.6. The third-order valence-corrected chi connectivity index (χ3v) is 5.95. The molecule has 8 heteroatoms. The Morgan fingerprint density at radius 1 is 1.31 bits per heavy atom. The van der Waals surface area contributed by atoms with Crippen LogP contribution in [0.1, 0.15) is 44.3 Å². The number of H-pyrrole nitrogens is 1. The van der Waals surface area contributed by atoms with E-state index in [4.69, 9.17) is 0 Å². The number of nitrogens with zero attached hydrogens (tertiary/aromatic N) is 2. The Bertz CT molecular complexity index is 877. The molecular weight excluding hydrogens is 373 g/mol. The summed E-state index contributed by atoms with van der Waals surface area (Å²) in [6.07, 6.45) is 6.23. The average molecular weight is 401 g/mol. The van der Waals surface area contributed by atoms with Crippen LogP contribution in [0.15, 0.2) is 18.2 Å². The number of aromatic amines is 1. The number of carbonyl (C=O) groups excluding carboxylic acids is 2. The van der Waals surface area contributed by atoms with Crippen molar-refractivity contribution in [3.05, 3.63) is 29.8 Å². The van der Waals surface area contributed by atoms with Crippen molar-refractivity contribution in [1.29, 1.82) is 0 Å². The van der Waals surface area contributed by atoms with Gasteiger partial charge in [-0.2, -0.15) is 0 Å². The van der Waals surface area contributed by atoms with Crippen LogP contribution in [0, 0.1) is 5.82 Å². The summed E-state index contributed by atoms with van der Waals surface area (Å²) in [7, 11) is 0. The SMILES string of the molecule is O=C(C[C@@H]1C(=O)NCCN1C1CCCC1)NCCCc1nc2ccc(F)cc2[nH]1. The molecule has 29 heavy (non-hydrogen) atoms. The zero-order valence-electron chi connectivity index (χ0n) is 16.5. The molecule has 0 radical (unpaired) electrons. The molecule has 2 aliphatic rings. The Morgan fingerprint density at radius 2 is 2.14 bits per heavy atom. The lowest BCUT2D eigenvalue weighted by Gasteiger charge is -2.38. The molecule has 1 atom stereocenters. The lowest BCUT2D eigenvalue weighted by Crippen LogP contribution is -2.59. The van der Waals surface area contributed by atoms with E-state index in [0.717, 1.165) is 37.1 Å². The third kappa shape index (κ3) is 4.75. The molecule has 0 bridgehead atoms. The van der Waals surface area contributed by atoms with Crippen molar-refractivity contribution in [2.75, 3.05) is 19.6 Å². The van der Waals surface area contributed by atoms with Crippen LogP contribution in [-0.2, 0) is 16.0 Å². The number of hydrogen-bond donors (Lipinski definition) is 3. The van der Waals surface area contributed by atoms with Gasteiger partial charge in [-0.3, -0.25) is 14.5 Å². The van der Waals surface area contributed by atoms with E-state index in [9.17, 15) is 14.0 Å². The maximum absolute atomic E-state index is 13.3. The standard InChI is InChI=1S/C21H28FN5O2/c22-14-7-8-16-17(12-14)26-19(25-16)6-3-9-23-20(28)13-18-21(29)24-10-11-27(18)15-4-1-2-5-15/h7-8,12,15,18H,1-6,9-11,13H2,(H,23,28)(H,24,29)(H,25,26)/t18-/m1/s1. The van der Waals surface area contributed by atoms with Crippen molar-refractivity contribution < 1.29 is 14.0 Å². The van der Waals surface area contributed by atoms with Crippen molar-refractivity contribution in [2.24, 2.45) is 0 Å².